The zero-order chi connectivity index (χ0) is 22.0. The number of nitrogens with one attached hydrogen (secondary N) is 1. The van der Waals surface area contributed by atoms with Gasteiger partial charge in [0.2, 0.25) is 11.8 Å². The van der Waals surface area contributed by atoms with E-state index in [2.05, 4.69) is 31.3 Å². The summed E-state index contributed by atoms with van der Waals surface area (Å²) >= 11 is 6.03. The maximum atomic E-state index is 13.2. The molecule has 1 aliphatic heterocycles. The van der Waals surface area contributed by atoms with Crippen molar-refractivity contribution in [2.75, 3.05) is 13.1 Å². The predicted octanol–water partition coefficient (Wildman–Crippen LogP) is 3.98. The summed E-state index contributed by atoms with van der Waals surface area (Å²) in [5.41, 5.74) is 0.0406. The third-order valence-electron chi connectivity index (χ3n) is 5.66. The van der Waals surface area contributed by atoms with Crippen LogP contribution in [0.3, 0.4) is 0 Å². The predicted molar refractivity (Wildman–Crippen MR) is 117 cm³/mol. The molecular weight excluding hydrogens is 388 g/mol. The van der Waals surface area contributed by atoms with Gasteiger partial charge in [0.25, 0.3) is 0 Å². The Labute approximate surface area is 179 Å². The molecule has 1 fully saturated rings. The van der Waals surface area contributed by atoms with Crippen LogP contribution in [0.25, 0.3) is 0 Å². The fraction of sp³-hybridized carbons (Fsp3) is 0.652. The molecule has 0 aromatic heterocycles. The number of nitrogens with zero attached hydrogens (tertiary/aromatic N) is 1. The smallest absolute Gasteiger partial charge is 0.245 e. The number of hydrogen-bond acceptors (Lipinski definition) is 3. The zero-order valence-corrected chi connectivity index (χ0v) is 19.2. The van der Waals surface area contributed by atoms with E-state index in [9.17, 15) is 14.7 Å². The van der Waals surface area contributed by atoms with E-state index in [0.29, 0.717) is 19.0 Å². The first kappa shape index (κ1) is 23.7. The van der Waals surface area contributed by atoms with E-state index in [1.165, 1.54) is 5.56 Å². The molecular formula is C23H35ClN2O3. The van der Waals surface area contributed by atoms with Crippen LogP contribution in [-0.4, -0.2) is 46.6 Å². The Bertz CT molecular complexity index is 723. The second kappa shape index (κ2) is 9.05. The third kappa shape index (κ3) is 6.45. The van der Waals surface area contributed by atoms with Crippen LogP contribution in [0.1, 0.15) is 65.9 Å². The second-order valence-corrected chi connectivity index (χ2v) is 10.4. The molecule has 0 spiro atoms. The molecule has 1 unspecified atom stereocenters. The minimum Gasteiger partial charge on any atom is -0.390 e. The topological polar surface area (TPSA) is 69.6 Å². The average molecular weight is 423 g/mol. The van der Waals surface area contributed by atoms with E-state index in [1.54, 1.807) is 13.8 Å². The van der Waals surface area contributed by atoms with Gasteiger partial charge < -0.3 is 15.3 Å². The van der Waals surface area contributed by atoms with Crippen molar-refractivity contribution in [3.05, 3.63) is 34.9 Å². The Morgan fingerprint density at radius 3 is 2.34 bits per heavy atom. The molecule has 1 aromatic carbocycles. The van der Waals surface area contributed by atoms with Gasteiger partial charge in [0.1, 0.15) is 6.04 Å². The number of amides is 2. The summed E-state index contributed by atoms with van der Waals surface area (Å²) in [5, 5.41) is 13.5. The van der Waals surface area contributed by atoms with Crippen LogP contribution in [0.4, 0.5) is 0 Å². The van der Waals surface area contributed by atoms with E-state index in [0.717, 1.165) is 11.4 Å². The van der Waals surface area contributed by atoms with Gasteiger partial charge in [-0.2, -0.15) is 0 Å². The number of carbonyl (C=O) groups excluding carboxylic acids is 2. The minimum absolute atomic E-state index is 0.0341. The number of rotatable bonds is 6. The Hall–Kier alpha value is -1.59. The largest absolute Gasteiger partial charge is 0.390 e. The Kier molecular flexibility index (Phi) is 7.39. The Balaban J connectivity index is 2.10. The van der Waals surface area contributed by atoms with Gasteiger partial charge >= 0.3 is 0 Å². The number of hydrogen-bond donors (Lipinski definition) is 2. The molecule has 2 rings (SSSR count). The molecule has 0 aliphatic carbocycles. The van der Waals surface area contributed by atoms with Crippen molar-refractivity contribution in [2.24, 2.45) is 11.3 Å². The highest BCUT2D eigenvalue weighted by Gasteiger charge is 2.40. The lowest BCUT2D eigenvalue weighted by Crippen LogP contribution is -2.56. The van der Waals surface area contributed by atoms with E-state index >= 15 is 0 Å². The minimum atomic E-state index is -1.10. The fourth-order valence-corrected chi connectivity index (χ4v) is 4.31. The van der Waals surface area contributed by atoms with Crippen LogP contribution in [0.2, 0.25) is 5.02 Å². The third-order valence-corrected chi connectivity index (χ3v) is 5.91. The van der Waals surface area contributed by atoms with Gasteiger partial charge in [-0.15, -0.1) is 0 Å². The molecule has 1 saturated heterocycles. The lowest BCUT2D eigenvalue weighted by Gasteiger charge is -2.45. The molecule has 5 nitrogen and oxygen atoms in total. The summed E-state index contributed by atoms with van der Waals surface area (Å²) in [6.07, 6.45) is 0.830. The van der Waals surface area contributed by atoms with E-state index < -0.39 is 11.6 Å². The van der Waals surface area contributed by atoms with Gasteiger partial charge in [-0.1, -0.05) is 51.4 Å². The number of halogens is 1. The molecule has 2 amide bonds. The molecule has 1 aliphatic rings. The lowest BCUT2D eigenvalue weighted by atomic mass is 9.70. The van der Waals surface area contributed by atoms with E-state index in [1.807, 2.05) is 30.9 Å². The molecule has 0 saturated carbocycles. The Morgan fingerprint density at radius 1 is 1.28 bits per heavy atom. The maximum absolute atomic E-state index is 13.2. The standard InChI is InChI=1S/C23H35ClN2O3/c1-15(2)20(25-19(27)13-23(5,6)29)21(28)26-12-11-18(22(3,4)14-26)16-7-9-17(24)10-8-16/h7-10,15,18,20,29H,11-14H2,1-6H3,(H,25,27)/t18?,20-/m1/s1. The first-order chi connectivity index (χ1) is 13.3. The van der Waals surface area contributed by atoms with Crippen molar-refractivity contribution >= 4 is 23.4 Å². The van der Waals surface area contributed by atoms with Gasteiger partial charge in [-0.05, 0) is 55.2 Å². The van der Waals surface area contributed by atoms with Crippen LogP contribution >= 0.6 is 11.6 Å². The van der Waals surface area contributed by atoms with E-state index in [-0.39, 0.29) is 29.6 Å². The van der Waals surface area contributed by atoms with Crippen molar-refractivity contribution in [2.45, 2.75) is 71.9 Å². The number of carbonyl (C=O) groups is 2. The summed E-state index contributed by atoms with van der Waals surface area (Å²) in [5.74, 6) is -0.0527. The SMILES string of the molecule is CC(C)[C@@H](NC(=O)CC(C)(C)O)C(=O)N1CCC(c2ccc(Cl)cc2)C(C)(C)C1. The first-order valence-electron chi connectivity index (χ1n) is 10.4. The molecule has 2 atom stereocenters. The van der Waals surface area contributed by atoms with Crippen molar-refractivity contribution in [1.29, 1.82) is 0 Å². The van der Waals surface area contributed by atoms with Crippen molar-refractivity contribution in [3.63, 3.8) is 0 Å². The molecule has 2 N–H and O–H groups in total. The highest BCUT2D eigenvalue weighted by molar-refractivity contribution is 6.30. The molecule has 1 aromatic rings. The molecule has 0 bridgehead atoms. The van der Waals surface area contributed by atoms with Gasteiger partial charge in [-0.3, -0.25) is 9.59 Å². The number of aliphatic hydroxyl groups is 1. The molecule has 162 valence electrons. The van der Waals surface area contributed by atoms with Crippen LogP contribution in [-0.2, 0) is 9.59 Å². The lowest BCUT2D eigenvalue weighted by molar-refractivity contribution is -0.141. The van der Waals surface area contributed by atoms with Gasteiger partial charge in [-0.25, -0.2) is 0 Å². The van der Waals surface area contributed by atoms with Gasteiger partial charge in [0.15, 0.2) is 0 Å². The highest BCUT2D eigenvalue weighted by Crippen LogP contribution is 2.42. The van der Waals surface area contributed by atoms with Crippen molar-refractivity contribution < 1.29 is 14.7 Å². The maximum Gasteiger partial charge on any atom is 0.245 e. The summed E-state index contributed by atoms with van der Waals surface area (Å²) in [7, 11) is 0. The molecule has 0 radical (unpaired) electrons. The van der Waals surface area contributed by atoms with Crippen LogP contribution in [0, 0.1) is 11.3 Å². The normalized spacial score (nSPS) is 20.4. The molecule has 29 heavy (non-hydrogen) atoms. The number of benzene rings is 1. The average Bonchev–Trinajstić information content (AvgIpc) is 2.57. The van der Waals surface area contributed by atoms with E-state index in [4.69, 9.17) is 11.6 Å². The highest BCUT2D eigenvalue weighted by atomic mass is 35.5. The summed E-state index contributed by atoms with van der Waals surface area (Å²) in [4.78, 5) is 27.4. The quantitative estimate of drug-likeness (QED) is 0.728. The zero-order valence-electron chi connectivity index (χ0n) is 18.5. The van der Waals surface area contributed by atoms with Crippen LogP contribution in [0.15, 0.2) is 24.3 Å². The van der Waals surface area contributed by atoms with Crippen molar-refractivity contribution in [3.8, 4) is 0 Å². The first-order valence-corrected chi connectivity index (χ1v) is 10.7. The van der Waals surface area contributed by atoms with Crippen molar-refractivity contribution in [1.82, 2.24) is 10.2 Å². The van der Waals surface area contributed by atoms with Gasteiger partial charge in [0.05, 0.1) is 12.0 Å². The molecule has 6 heteroatoms. The van der Waals surface area contributed by atoms with Crippen LogP contribution < -0.4 is 5.32 Å². The number of piperidine rings is 1. The molecule has 1 heterocycles. The fourth-order valence-electron chi connectivity index (χ4n) is 4.19. The Morgan fingerprint density at radius 2 is 1.86 bits per heavy atom. The monoisotopic (exact) mass is 422 g/mol. The summed E-state index contributed by atoms with van der Waals surface area (Å²) in [6.45, 7) is 12.7. The summed E-state index contributed by atoms with van der Waals surface area (Å²) in [6, 6.07) is 7.38. The van der Waals surface area contributed by atoms with Crippen LogP contribution in [0.5, 0.6) is 0 Å². The summed E-state index contributed by atoms with van der Waals surface area (Å²) < 4.78 is 0. The second-order valence-electron chi connectivity index (χ2n) is 9.92. The van der Waals surface area contributed by atoms with Gasteiger partial charge in [0, 0.05) is 18.1 Å². The number of likely N-dealkylation sites (tertiary alicyclic amines) is 1.